The molecule has 0 radical (unpaired) electrons. The highest BCUT2D eigenvalue weighted by atomic mass is 16.7. The van der Waals surface area contributed by atoms with Gasteiger partial charge in [-0.2, -0.15) is 0 Å². The molecule has 6 heteroatoms. The van der Waals surface area contributed by atoms with Gasteiger partial charge in [-0.1, -0.05) is 6.42 Å². The van der Waals surface area contributed by atoms with E-state index >= 15 is 0 Å². The fourth-order valence-electron chi connectivity index (χ4n) is 3.35. The minimum absolute atomic E-state index is 0.137. The molecule has 0 unspecified atom stereocenters. The molecule has 2 aliphatic rings. The van der Waals surface area contributed by atoms with Crippen molar-refractivity contribution in [2.75, 3.05) is 32.8 Å². The summed E-state index contributed by atoms with van der Waals surface area (Å²) in [5.74, 6) is 0.611. The summed E-state index contributed by atoms with van der Waals surface area (Å²) >= 11 is 0. The van der Waals surface area contributed by atoms with Crippen molar-refractivity contribution in [3.63, 3.8) is 0 Å². The van der Waals surface area contributed by atoms with Gasteiger partial charge in [0, 0.05) is 18.9 Å². The molecule has 1 heterocycles. The summed E-state index contributed by atoms with van der Waals surface area (Å²) in [6, 6.07) is 5.29. The van der Waals surface area contributed by atoms with E-state index in [2.05, 4.69) is 5.32 Å². The summed E-state index contributed by atoms with van der Waals surface area (Å²) < 4.78 is 22.6. The highest BCUT2D eigenvalue weighted by Gasteiger charge is 2.46. The van der Waals surface area contributed by atoms with Crippen molar-refractivity contribution in [1.29, 1.82) is 0 Å². The van der Waals surface area contributed by atoms with E-state index in [1.165, 1.54) is 6.42 Å². The average molecular weight is 349 g/mol. The van der Waals surface area contributed by atoms with Crippen molar-refractivity contribution in [1.82, 2.24) is 0 Å². The maximum atomic E-state index is 12.8. The molecule has 25 heavy (non-hydrogen) atoms. The molecule has 2 fully saturated rings. The van der Waals surface area contributed by atoms with Crippen LogP contribution in [0.1, 0.15) is 39.0 Å². The van der Waals surface area contributed by atoms with Gasteiger partial charge >= 0.3 is 0 Å². The molecule has 0 aromatic heterocycles. The lowest BCUT2D eigenvalue weighted by Crippen LogP contribution is -2.53. The average Bonchev–Trinajstić information content (AvgIpc) is 2.65. The first-order valence-electron chi connectivity index (χ1n) is 8.82. The van der Waals surface area contributed by atoms with Crippen LogP contribution >= 0.6 is 0 Å². The third-order valence-electron chi connectivity index (χ3n) is 5.13. The second-order valence-electron chi connectivity index (χ2n) is 7.13. The van der Waals surface area contributed by atoms with Crippen LogP contribution in [0.15, 0.2) is 18.2 Å². The third-order valence-corrected chi connectivity index (χ3v) is 5.13. The largest absolute Gasteiger partial charge is 0.497 e. The summed E-state index contributed by atoms with van der Waals surface area (Å²) in [5.41, 5.74) is -0.124. The summed E-state index contributed by atoms with van der Waals surface area (Å²) in [5, 5.41) is 2.93. The standard InChI is InChI=1S/C19H27NO5/c1-18(12-24-19(25-13-18)9-5-4-6-10-19)17(21)20-15-8-7-14(22-2)11-16(15)23-3/h7-8,11H,4-6,9-10,12-13H2,1-3H3,(H,20,21). The number of methoxy groups -OCH3 is 2. The molecular formula is C19H27NO5. The molecule has 1 aromatic carbocycles. The second-order valence-corrected chi connectivity index (χ2v) is 7.13. The highest BCUT2D eigenvalue weighted by molar-refractivity contribution is 5.96. The fourth-order valence-corrected chi connectivity index (χ4v) is 3.35. The molecule has 1 saturated heterocycles. The quantitative estimate of drug-likeness (QED) is 0.903. The smallest absolute Gasteiger partial charge is 0.235 e. The lowest BCUT2D eigenvalue weighted by molar-refractivity contribution is -0.306. The molecule has 1 amide bonds. The summed E-state index contributed by atoms with van der Waals surface area (Å²) in [4.78, 5) is 12.8. The maximum absolute atomic E-state index is 12.8. The Morgan fingerprint density at radius 3 is 2.36 bits per heavy atom. The Morgan fingerprint density at radius 1 is 1.08 bits per heavy atom. The maximum Gasteiger partial charge on any atom is 0.235 e. The molecule has 0 atom stereocenters. The zero-order valence-corrected chi connectivity index (χ0v) is 15.2. The van der Waals surface area contributed by atoms with Crippen LogP contribution in [-0.2, 0) is 14.3 Å². The lowest BCUT2D eigenvalue weighted by atomic mass is 9.87. The zero-order valence-electron chi connectivity index (χ0n) is 15.2. The molecule has 3 rings (SSSR count). The molecule has 0 bridgehead atoms. The Balaban J connectivity index is 1.67. The number of benzene rings is 1. The summed E-state index contributed by atoms with van der Waals surface area (Å²) in [6.07, 6.45) is 5.29. The number of anilines is 1. The van der Waals surface area contributed by atoms with Crippen LogP contribution in [0.4, 0.5) is 5.69 Å². The number of ether oxygens (including phenoxy) is 4. The van der Waals surface area contributed by atoms with E-state index in [1.54, 1.807) is 32.4 Å². The first-order chi connectivity index (χ1) is 12.0. The van der Waals surface area contributed by atoms with E-state index in [0.29, 0.717) is 30.4 Å². The molecule has 6 nitrogen and oxygen atoms in total. The Morgan fingerprint density at radius 2 is 1.76 bits per heavy atom. The van der Waals surface area contributed by atoms with Gasteiger partial charge in [0.2, 0.25) is 5.91 Å². The van der Waals surface area contributed by atoms with Gasteiger partial charge in [-0.3, -0.25) is 4.79 Å². The molecule has 1 aliphatic carbocycles. The number of hydrogen-bond donors (Lipinski definition) is 1. The monoisotopic (exact) mass is 349 g/mol. The summed E-state index contributed by atoms with van der Waals surface area (Å²) in [6.45, 7) is 2.59. The molecular weight excluding hydrogens is 322 g/mol. The van der Waals surface area contributed by atoms with Crippen LogP contribution in [0, 0.1) is 5.41 Å². The minimum atomic E-state index is -0.729. The van der Waals surface area contributed by atoms with E-state index in [9.17, 15) is 4.79 Å². The van der Waals surface area contributed by atoms with Crippen molar-refractivity contribution in [2.24, 2.45) is 5.41 Å². The first-order valence-corrected chi connectivity index (χ1v) is 8.82. The van der Waals surface area contributed by atoms with Gasteiger partial charge in [0.05, 0.1) is 38.5 Å². The van der Waals surface area contributed by atoms with Crippen LogP contribution in [0.5, 0.6) is 11.5 Å². The van der Waals surface area contributed by atoms with Crippen molar-refractivity contribution in [3.05, 3.63) is 18.2 Å². The van der Waals surface area contributed by atoms with E-state index in [-0.39, 0.29) is 5.91 Å². The zero-order chi connectivity index (χ0) is 17.9. The normalized spacial score (nSPS) is 21.6. The van der Waals surface area contributed by atoms with Gasteiger partial charge in [-0.05, 0) is 31.9 Å². The Bertz CT molecular complexity index is 614. The van der Waals surface area contributed by atoms with Crippen LogP contribution in [0.3, 0.4) is 0 Å². The first kappa shape index (κ1) is 18.0. The molecule has 1 aromatic rings. The van der Waals surface area contributed by atoms with Crippen molar-refractivity contribution in [2.45, 2.75) is 44.8 Å². The van der Waals surface area contributed by atoms with Crippen molar-refractivity contribution in [3.8, 4) is 11.5 Å². The number of carbonyl (C=O) groups excluding carboxylic acids is 1. The summed E-state index contributed by atoms with van der Waals surface area (Å²) in [7, 11) is 3.15. The predicted octanol–water partition coefficient (Wildman–Crippen LogP) is 3.36. The van der Waals surface area contributed by atoms with Gasteiger partial charge in [-0.15, -0.1) is 0 Å². The van der Waals surface area contributed by atoms with Crippen LogP contribution in [0.2, 0.25) is 0 Å². The number of rotatable bonds is 4. The molecule has 1 N–H and O–H groups in total. The number of nitrogens with one attached hydrogen (secondary N) is 1. The Labute approximate surface area is 148 Å². The van der Waals surface area contributed by atoms with Gasteiger partial charge in [0.25, 0.3) is 0 Å². The Kier molecular flexibility index (Phi) is 5.20. The van der Waals surface area contributed by atoms with Gasteiger partial charge in [0.1, 0.15) is 11.5 Å². The minimum Gasteiger partial charge on any atom is -0.497 e. The highest BCUT2D eigenvalue weighted by Crippen LogP contribution is 2.40. The molecule has 1 spiro atoms. The van der Waals surface area contributed by atoms with E-state index in [0.717, 1.165) is 25.7 Å². The lowest BCUT2D eigenvalue weighted by Gasteiger charge is -2.45. The predicted molar refractivity (Wildman–Crippen MR) is 94.0 cm³/mol. The fraction of sp³-hybridized carbons (Fsp3) is 0.632. The second kappa shape index (κ2) is 7.22. The van der Waals surface area contributed by atoms with Crippen molar-refractivity contribution < 1.29 is 23.7 Å². The number of carbonyl (C=O) groups is 1. The van der Waals surface area contributed by atoms with Gasteiger partial charge < -0.3 is 24.3 Å². The topological polar surface area (TPSA) is 66.0 Å². The van der Waals surface area contributed by atoms with Gasteiger partial charge in [0.15, 0.2) is 5.79 Å². The van der Waals surface area contributed by atoms with Gasteiger partial charge in [-0.25, -0.2) is 0 Å². The SMILES string of the molecule is COc1ccc(NC(=O)C2(C)COC3(CCCCC3)OC2)c(OC)c1. The van der Waals surface area contributed by atoms with E-state index in [1.807, 2.05) is 6.92 Å². The number of hydrogen-bond acceptors (Lipinski definition) is 5. The molecule has 1 saturated carbocycles. The third kappa shape index (κ3) is 3.75. The van der Waals surface area contributed by atoms with Crippen molar-refractivity contribution >= 4 is 11.6 Å². The van der Waals surface area contributed by atoms with Crippen LogP contribution in [-0.4, -0.2) is 39.1 Å². The van der Waals surface area contributed by atoms with E-state index < -0.39 is 11.2 Å². The van der Waals surface area contributed by atoms with Crippen LogP contribution in [0.25, 0.3) is 0 Å². The molecule has 1 aliphatic heterocycles. The number of amides is 1. The molecule has 138 valence electrons. The van der Waals surface area contributed by atoms with E-state index in [4.69, 9.17) is 18.9 Å². The van der Waals surface area contributed by atoms with Crippen LogP contribution < -0.4 is 14.8 Å². The Hall–Kier alpha value is -1.79.